The van der Waals surface area contributed by atoms with E-state index >= 15 is 0 Å². The Kier molecular flexibility index (Phi) is 9.02. The lowest BCUT2D eigenvalue weighted by atomic mass is 10.2. The van der Waals surface area contributed by atoms with Crippen molar-refractivity contribution in [3.8, 4) is 5.75 Å². The van der Waals surface area contributed by atoms with Crippen LogP contribution in [0.15, 0.2) is 48.5 Å². The molecule has 0 aromatic heterocycles. The number of rotatable bonds is 11. The molecule has 0 saturated heterocycles. The lowest BCUT2D eigenvalue weighted by Gasteiger charge is -2.12. The molecule has 0 atom stereocenters. The van der Waals surface area contributed by atoms with E-state index in [2.05, 4.69) is 17.6 Å². The second-order valence-electron chi connectivity index (χ2n) is 7.12. The molecule has 0 aliphatic carbocycles. The molecule has 0 bridgehead atoms. The first-order chi connectivity index (χ1) is 14.0. The van der Waals surface area contributed by atoms with Gasteiger partial charge >= 0.3 is 0 Å². The summed E-state index contributed by atoms with van der Waals surface area (Å²) >= 11 is 0. The second-order valence-corrected chi connectivity index (χ2v) is 7.12. The highest BCUT2D eigenvalue weighted by Gasteiger charge is 2.09. The topological polar surface area (TPSA) is 70.7 Å². The fourth-order valence-corrected chi connectivity index (χ4v) is 2.79. The van der Waals surface area contributed by atoms with Crippen LogP contribution < -0.4 is 15.4 Å². The smallest absolute Gasteiger partial charge is 0.253 e. The van der Waals surface area contributed by atoms with Crippen LogP contribution in [-0.2, 0) is 4.79 Å². The lowest BCUT2D eigenvalue weighted by Crippen LogP contribution is -2.23. The van der Waals surface area contributed by atoms with Crippen molar-refractivity contribution < 1.29 is 14.3 Å². The van der Waals surface area contributed by atoms with Crippen molar-refractivity contribution in [2.24, 2.45) is 0 Å². The van der Waals surface area contributed by atoms with Gasteiger partial charge in [0.2, 0.25) is 5.91 Å². The summed E-state index contributed by atoms with van der Waals surface area (Å²) in [6.07, 6.45) is 4.66. The molecule has 6 nitrogen and oxygen atoms in total. The van der Waals surface area contributed by atoms with Gasteiger partial charge in [-0.25, -0.2) is 0 Å². The predicted molar refractivity (Wildman–Crippen MR) is 118 cm³/mol. The minimum Gasteiger partial charge on any atom is -0.494 e. The van der Waals surface area contributed by atoms with Crippen molar-refractivity contribution in [3.05, 3.63) is 54.1 Å². The number of hydrogen-bond donors (Lipinski definition) is 2. The van der Waals surface area contributed by atoms with E-state index < -0.39 is 0 Å². The van der Waals surface area contributed by atoms with Gasteiger partial charge in [0.05, 0.1) is 13.2 Å². The van der Waals surface area contributed by atoms with E-state index in [0.29, 0.717) is 17.9 Å². The Morgan fingerprint density at radius 1 is 0.966 bits per heavy atom. The Morgan fingerprint density at radius 2 is 1.72 bits per heavy atom. The first-order valence-corrected chi connectivity index (χ1v) is 10.1. The first kappa shape index (κ1) is 22.3. The van der Waals surface area contributed by atoms with Gasteiger partial charge in [0.1, 0.15) is 5.75 Å². The van der Waals surface area contributed by atoms with Crippen LogP contribution in [0.3, 0.4) is 0 Å². The number of nitrogens with zero attached hydrogens (tertiary/aromatic N) is 1. The number of unbranched alkanes of at least 4 members (excludes halogenated alkanes) is 3. The molecule has 0 spiro atoms. The Labute approximate surface area is 173 Å². The maximum atomic E-state index is 12.3. The van der Waals surface area contributed by atoms with Gasteiger partial charge in [-0.15, -0.1) is 0 Å². The molecule has 0 fully saturated rings. The van der Waals surface area contributed by atoms with Crippen LogP contribution in [0.5, 0.6) is 5.75 Å². The van der Waals surface area contributed by atoms with Gasteiger partial charge in [0.15, 0.2) is 0 Å². The van der Waals surface area contributed by atoms with Gasteiger partial charge in [0.25, 0.3) is 5.91 Å². The number of ether oxygens (including phenoxy) is 1. The molecule has 156 valence electrons. The SMILES string of the molecule is CCCCCCOc1cccc(NCC(=O)Nc2cccc(C(=O)N(C)C)c2)c1. The lowest BCUT2D eigenvalue weighted by molar-refractivity contribution is -0.114. The van der Waals surface area contributed by atoms with E-state index in [1.54, 1.807) is 38.4 Å². The Bertz CT molecular complexity index is 805. The summed E-state index contributed by atoms with van der Waals surface area (Å²) in [5.41, 5.74) is 1.95. The average molecular weight is 398 g/mol. The van der Waals surface area contributed by atoms with Crippen LogP contribution in [0.1, 0.15) is 43.0 Å². The number of amides is 2. The van der Waals surface area contributed by atoms with Crippen molar-refractivity contribution in [1.82, 2.24) is 4.90 Å². The quantitative estimate of drug-likeness (QED) is 0.552. The van der Waals surface area contributed by atoms with Crippen molar-refractivity contribution in [1.29, 1.82) is 0 Å². The van der Waals surface area contributed by atoms with Crippen LogP contribution >= 0.6 is 0 Å². The fourth-order valence-electron chi connectivity index (χ4n) is 2.79. The molecule has 6 heteroatoms. The second kappa shape index (κ2) is 11.7. The Hall–Kier alpha value is -3.02. The van der Waals surface area contributed by atoms with E-state index in [4.69, 9.17) is 4.74 Å². The number of benzene rings is 2. The summed E-state index contributed by atoms with van der Waals surface area (Å²) < 4.78 is 5.77. The first-order valence-electron chi connectivity index (χ1n) is 10.1. The number of nitrogens with one attached hydrogen (secondary N) is 2. The molecule has 2 N–H and O–H groups in total. The van der Waals surface area contributed by atoms with Gasteiger partial charge in [-0.3, -0.25) is 9.59 Å². The van der Waals surface area contributed by atoms with Crippen molar-refractivity contribution in [2.75, 3.05) is 37.9 Å². The van der Waals surface area contributed by atoms with Crippen LogP contribution in [0, 0.1) is 0 Å². The zero-order valence-electron chi connectivity index (χ0n) is 17.5. The third-order valence-corrected chi connectivity index (χ3v) is 4.35. The third-order valence-electron chi connectivity index (χ3n) is 4.35. The minimum atomic E-state index is -0.190. The van der Waals surface area contributed by atoms with Crippen molar-refractivity contribution in [2.45, 2.75) is 32.6 Å². The average Bonchev–Trinajstić information content (AvgIpc) is 2.72. The maximum Gasteiger partial charge on any atom is 0.253 e. The number of hydrogen-bond acceptors (Lipinski definition) is 4. The van der Waals surface area contributed by atoms with Crippen molar-refractivity contribution in [3.63, 3.8) is 0 Å². The molecule has 2 aromatic rings. The fraction of sp³-hybridized carbons (Fsp3) is 0.391. The van der Waals surface area contributed by atoms with E-state index in [-0.39, 0.29) is 18.4 Å². The highest BCUT2D eigenvalue weighted by atomic mass is 16.5. The molecule has 0 aliphatic rings. The monoisotopic (exact) mass is 397 g/mol. The molecule has 0 radical (unpaired) electrons. The molecule has 29 heavy (non-hydrogen) atoms. The van der Waals surface area contributed by atoms with E-state index in [9.17, 15) is 9.59 Å². The largest absolute Gasteiger partial charge is 0.494 e. The molecule has 2 amide bonds. The zero-order valence-corrected chi connectivity index (χ0v) is 17.5. The van der Waals surface area contributed by atoms with Gasteiger partial charge in [0, 0.05) is 37.1 Å². The highest BCUT2D eigenvalue weighted by Crippen LogP contribution is 2.18. The maximum absolute atomic E-state index is 12.3. The summed E-state index contributed by atoms with van der Waals surface area (Å²) in [5, 5.41) is 5.92. The normalized spacial score (nSPS) is 10.3. The highest BCUT2D eigenvalue weighted by molar-refractivity contribution is 5.97. The molecular weight excluding hydrogens is 366 g/mol. The Morgan fingerprint density at radius 3 is 2.48 bits per heavy atom. The van der Waals surface area contributed by atoms with Gasteiger partial charge in [-0.1, -0.05) is 38.3 Å². The molecule has 0 heterocycles. The summed E-state index contributed by atoms with van der Waals surface area (Å²) in [7, 11) is 3.39. The van der Waals surface area contributed by atoms with Crippen LogP contribution in [-0.4, -0.2) is 44.0 Å². The molecule has 2 aromatic carbocycles. The standard InChI is InChI=1S/C23H31N3O3/c1-4-5-6-7-14-29-21-13-9-11-19(16-21)24-17-22(27)25-20-12-8-10-18(15-20)23(28)26(2)3/h8-13,15-16,24H,4-7,14,17H2,1-3H3,(H,25,27). The summed E-state index contributed by atoms with van der Waals surface area (Å²) in [4.78, 5) is 25.8. The summed E-state index contributed by atoms with van der Waals surface area (Å²) in [5.74, 6) is 0.498. The Balaban J connectivity index is 1.83. The number of anilines is 2. The van der Waals surface area contributed by atoms with Crippen LogP contribution in [0.4, 0.5) is 11.4 Å². The molecular formula is C23H31N3O3. The summed E-state index contributed by atoms with van der Waals surface area (Å²) in [6, 6.07) is 14.5. The van der Waals surface area contributed by atoms with Gasteiger partial charge in [-0.2, -0.15) is 0 Å². The molecule has 2 rings (SSSR count). The summed E-state index contributed by atoms with van der Waals surface area (Å²) in [6.45, 7) is 3.00. The number of carbonyl (C=O) groups excluding carboxylic acids is 2. The van der Waals surface area contributed by atoms with E-state index in [1.165, 1.54) is 24.2 Å². The van der Waals surface area contributed by atoms with E-state index in [0.717, 1.165) is 17.9 Å². The minimum absolute atomic E-state index is 0.106. The number of carbonyl (C=O) groups is 2. The molecule has 0 saturated carbocycles. The predicted octanol–water partition coefficient (Wildman–Crippen LogP) is 4.40. The van der Waals surface area contributed by atoms with E-state index in [1.807, 2.05) is 24.3 Å². The van der Waals surface area contributed by atoms with Crippen molar-refractivity contribution >= 4 is 23.2 Å². The zero-order chi connectivity index (χ0) is 21.1. The molecule has 0 unspecified atom stereocenters. The molecule has 0 aliphatic heterocycles. The van der Waals surface area contributed by atoms with Crippen LogP contribution in [0.25, 0.3) is 0 Å². The van der Waals surface area contributed by atoms with Gasteiger partial charge in [-0.05, 0) is 36.8 Å². The van der Waals surface area contributed by atoms with Gasteiger partial charge < -0.3 is 20.3 Å². The van der Waals surface area contributed by atoms with Crippen LogP contribution in [0.2, 0.25) is 0 Å². The third kappa shape index (κ3) is 7.86.